The molecule has 1 saturated carbocycles. The van der Waals surface area contributed by atoms with Crippen molar-refractivity contribution in [1.82, 2.24) is 0 Å². The SMILES string of the molecule is Cc1cc(C)c(C2=C(O)C3(CCCCC3)OC2=O)c(OCC(F)(F)F)c1. The summed E-state index contributed by atoms with van der Waals surface area (Å²) in [5, 5.41) is 10.8. The summed E-state index contributed by atoms with van der Waals surface area (Å²) in [5.41, 5.74) is 0.283. The minimum Gasteiger partial charge on any atom is -0.507 e. The Hall–Kier alpha value is -2.18. The van der Waals surface area contributed by atoms with Crippen molar-refractivity contribution in [2.75, 3.05) is 6.61 Å². The predicted octanol–water partition coefficient (Wildman–Crippen LogP) is 4.77. The molecule has 4 nitrogen and oxygen atoms in total. The van der Waals surface area contributed by atoms with Crippen LogP contribution >= 0.6 is 0 Å². The third-order valence-corrected chi connectivity index (χ3v) is 4.91. The fourth-order valence-electron chi connectivity index (χ4n) is 3.81. The smallest absolute Gasteiger partial charge is 0.422 e. The van der Waals surface area contributed by atoms with E-state index in [0.29, 0.717) is 24.0 Å². The predicted molar refractivity (Wildman–Crippen MR) is 88.9 cm³/mol. The summed E-state index contributed by atoms with van der Waals surface area (Å²) in [4.78, 5) is 12.5. The number of ether oxygens (including phenoxy) is 2. The Bertz CT molecular complexity index is 759. The molecule has 0 unspecified atom stereocenters. The second-order valence-corrected chi connectivity index (χ2v) is 7.03. The fourth-order valence-corrected chi connectivity index (χ4v) is 3.81. The van der Waals surface area contributed by atoms with E-state index in [1.165, 1.54) is 6.07 Å². The molecule has 2 aliphatic rings. The molecule has 0 aromatic heterocycles. The highest BCUT2D eigenvalue weighted by Gasteiger charge is 2.50. The van der Waals surface area contributed by atoms with E-state index in [2.05, 4.69) is 0 Å². The maximum Gasteiger partial charge on any atom is 0.422 e. The van der Waals surface area contributed by atoms with Gasteiger partial charge in [-0.3, -0.25) is 0 Å². The summed E-state index contributed by atoms with van der Waals surface area (Å²) in [6.07, 6.45) is -0.864. The standard InChI is InChI=1S/C19H21F3O4/c1-11-8-12(2)14(13(9-11)25-10-19(20,21)22)15-16(23)18(26-17(15)24)6-4-3-5-7-18/h8-9,23H,3-7,10H2,1-2H3. The molecule has 1 aromatic rings. The van der Waals surface area contributed by atoms with Gasteiger partial charge in [0.05, 0.1) is 0 Å². The number of aliphatic hydroxyl groups excluding tert-OH is 1. The van der Waals surface area contributed by atoms with E-state index in [1.807, 2.05) is 0 Å². The molecule has 142 valence electrons. The van der Waals surface area contributed by atoms with Crippen molar-refractivity contribution in [3.05, 3.63) is 34.6 Å². The van der Waals surface area contributed by atoms with E-state index in [-0.39, 0.29) is 22.6 Å². The number of hydrogen-bond donors (Lipinski definition) is 1. The lowest BCUT2D eigenvalue weighted by Crippen LogP contribution is -2.34. The highest BCUT2D eigenvalue weighted by Crippen LogP contribution is 2.47. The Kier molecular flexibility index (Phi) is 4.67. The van der Waals surface area contributed by atoms with Gasteiger partial charge in [0, 0.05) is 5.56 Å². The molecule has 1 N–H and O–H groups in total. The molecular weight excluding hydrogens is 349 g/mol. The van der Waals surface area contributed by atoms with E-state index in [9.17, 15) is 23.1 Å². The Balaban J connectivity index is 2.08. The van der Waals surface area contributed by atoms with Gasteiger partial charge >= 0.3 is 12.1 Å². The first kappa shape index (κ1) is 18.6. The summed E-state index contributed by atoms with van der Waals surface area (Å²) in [6, 6.07) is 3.17. The van der Waals surface area contributed by atoms with Crippen LogP contribution in [0.4, 0.5) is 13.2 Å². The number of esters is 1. The molecule has 3 rings (SSSR count). The first-order chi connectivity index (χ1) is 12.1. The molecule has 1 aromatic carbocycles. The van der Waals surface area contributed by atoms with Crippen LogP contribution in [-0.2, 0) is 9.53 Å². The van der Waals surface area contributed by atoms with Gasteiger partial charge in [0.15, 0.2) is 18.0 Å². The van der Waals surface area contributed by atoms with Gasteiger partial charge in [-0.15, -0.1) is 0 Å². The van der Waals surface area contributed by atoms with Crippen LogP contribution < -0.4 is 4.74 Å². The molecule has 0 atom stereocenters. The largest absolute Gasteiger partial charge is 0.507 e. The Labute approximate surface area is 149 Å². The first-order valence-electron chi connectivity index (χ1n) is 8.61. The fraction of sp³-hybridized carbons (Fsp3) is 0.526. The number of aliphatic hydroxyl groups is 1. The molecule has 26 heavy (non-hydrogen) atoms. The molecule has 1 aliphatic heterocycles. The van der Waals surface area contributed by atoms with Crippen LogP contribution in [0.3, 0.4) is 0 Å². The van der Waals surface area contributed by atoms with Gasteiger partial charge in [-0.1, -0.05) is 12.5 Å². The minimum absolute atomic E-state index is 0.0776. The second kappa shape index (κ2) is 6.52. The van der Waals surface area contributed by atoms with E-state index in [1.54, 1.807) is 19.9 Å². The third-order valence-electron chi connectivity index (χ3n) is 4.91. The topological polar surface area (TPSA) is 55.8 Å². The summed E-state index contributed by atoms with van der Waals surface area (Å²) in [6.45, 7) is 1.92. The van der Waals surface area contributed by atoms with Crippen LogP contribution in [0.2, 0.25) is 0 Å². The number of carbonyl (C=O) groups excluding carboxylic acids is 1. The molecule has 7 heteroatoms. The molecular formula is C19H21F3O4. The van der Waals surface area contributed by atoms with Crippen LogP contribution in [0, 0.1) is 13.8 Å². The van der Waals surface area contributed by atoms with Gasteiger partial charge in [-0.25, -0.2) is 4.79 Å². The number of benzene rings is 1. The van der Waals surface area contributed by atoms with Gasteiger partial charge in [0.2, 0.25) is 0 Å². The van der Waals surface area contributed by atoms with Gasteiger partial charge in [0.1, 0.15) is 11.3 Å². The minimum atomic E-state index is -4.51. The highest BCUT2D eigenvalue weighted by molar-refractivity contribution is 6.20. The lowest BCUT2D eigenvalue weighted by atomic mass is 9.82. The number of hydrogen-bond acceptors (Lipinski definition) is 4. The molecule has 0 saturated heterocycles. The van der Waals surface area contributed by atoms with Crippen LogP contribution in [-0.4, -0.2) is 29.5 Å². The zero-order valence-corrected chi connectivity index (χ0v) is 14.7. The first-order valence-corrected chi connectivity index (χ1v) is 8.61. The normalized spacial score (nSPS) is 19.8. The van der Waals surface area contributed by atoms with Crippen molar-refractivity contribution >= 4 is 11.5 Å². The van der Waals surface area contributed by atoms with E-state index >= 15 is 0 Å². The Morgan fingerprint density at radius 2 is 1.85 bits per heavy atom. The van der Waals surface area contributed by atoms with Crippen LogP contribution in [0.15, 0.2) is 17.9 Å². The number of alkyl halides is 3. The van der Waals surface area contributed by atoms with Gasteiger partial charge in [-0.05, 0) is 56.7 Å². The zero-order valence-electron chi connectivity index (χ0n) is 14.7. The monoisotopic (exact) mass is 370 g/mol. The Morgan fingerprint density at radius 1 is 1.19 bits per heavy atom. The van der Waals surface area contributed by atoms with Gasteiger partial charge < -0.3 is 14.6 Å². The quantitative estimate of drug-likeness (QED) is 0.779. The number of carbonyl (C=O) groups is 1. The van der Waals surface area contributed by atoms with Crippen LogP contribution in [0.1, 0.15) is 48.8 Å². The number of aryl methyl sites for hydroxylation is 2. The van der Waals surface area contributed by atoms with Crippen molar-refractivity contribution in [3.8, 4) is 5.75 Å². The van der Waals surface area contributed by atoms with Crippen molar-refractivity contribution in [2.45, 2.75) is 57.7 Å². The van der Waals surface area contributed by atoms with E-state index in [0.717, 1.165) is 19.3 Å². The average molecular weight is 370 g/mol. The lowest BCUT2D eigenvalue weighted by Gasteiger charge is -2.31. The number of rotatable bonds is 3. The van der Waals surface area contributed by atoms with Crippen molar-refractivity contribution in [1.29, 1.82) is 0 Å². The second-order valence-electron chi connectivity index (χ2n) is 7.03. The summed E-state index contributed by atoms with van der Waals surface area (Å²) < 4.78 is 48.3. The van der Waals surface area contributed by atoms with Crippen molar-refractivity contribution in [2.24, 2.45) is 0 Å². The van der Waals surface area contributed by atoms with E-state index < -0.39 is 24.4 Å². The molecule has 0 amide bonds. The summed E-state index contributed by atoms with van der Waals surface area (Å²) in [5.74, 6) is -0.981. The molecule has 0 radical (unpaired) electrons. The maximum absolute atomic E-state index is 12.6. The van der Waals surface area contributed by atoms with E-state index in [4.69, 9.17) is 9.47 Å². The number of halogens is 3. The van der Waals surface area contributed by atoms with Crippen LogP contribution in [0.5, 0.6) is 5.75 Å². The van der Waals surface area contributed by atoms with Crippen molar-refractivity contribution < 1.29 is 32.5 Å². The van der Waals surface area contributed by atoms with Crippen LogP contribution in [0.25, 0.3) is 5.57 Å². The maximum atomic E-state index is 12.6. The highest BCUT2D eigenvalue weighted by atomic mass is 19.4. The third kappa shape index (κ3) is 3.39. The molecule has 0 bridgehead atoms. The molecule has 1 aliphatic carbocycles. The van der Waals surface area contributed by atoms with Gasteiger partial charge in [0.25, 0.3) is 0 Å². The lowest BCUT2D eigenvalue weighted by molar-refractivity contribution is -0.153. The molecule has 1 spiro atoms. The van der Waals surface area contributed by atoms with Gasteiger partial charge in [-0.2, -0.15) is 13.2 Å². The van der Waals surface area contributed by atoms with Crippen molar-refractivity contribution in [3.63, 3.8) is 0 Å². The summed E-state index contributed by atoms with van der Waals surface area (Å²) >= 11 is 0. The Morgan fingerprint density at radius 3 is 2.46 bits per heavy atom. The molecule has 1 fully saturated rings. The average Bonchev–Trinajstić information content (AvgIpc) is 2.76. The zero-order chi connectivity index (χ0) is 19.1. The summed E-state index contributed by atoms with van der Waals surface area (Å²) in [7, 11) is 0. The molecule has 1 heterocycles.